The molecular formula is C13H13BrN2O3. The molecule has 1 aromatic carbocycles. The first-order valence-electron chi connectivity index (χ1n) is 5.71. The van der Waals surface area contributed by atoms with E-state index in [1.807, 2.05) is 19.1 Å². The van der Waals surface area contributed by atoms with E-state index in [4.69, 9.17) is 4.42 Å². The third-order valence-corrected chi connectivity index (χ3v) is 3.39. The van der Waals surface area contributed by atoms with Crippen molar-refractivity contribution < 1.29 is 9.34 Å². The van der Waals surface area contributed by atoms with E-state index in [-0.39, 0.29) is 10.6 Å². The second kappa shape index (κ2) is 5.44. The fourth-order valence-electron chi connectivity index (χ4n) is 1.76. The summed E-state index contributed by atoms with van der Waals surface area (Å²) in [4.78, 5) is 10.5. The smallest absolute Gasteiger partial charge is 0.274 e. The molecule has 0 atom stereocenters. The Morgan fingerprint density at radius 3 is 2.68 bits per heavy atom. The lowest BCUT2D eigenvalue weighted by Gasteiger charge is -2.08. The summed E-state index contributed by atoms with van der Waals surface area (Å²) in [7, 11) is 0. The van der Waals surface area contributed by atoms with Crippen LogP contribution in [0.25, 0.3) is 0 Å². The largest absolute Gasteiger partial charge is 0.465 e. The molecule has 0 saturated carbocycles. The molecule has 0 saturated heterocycles. The van der Waals surface area contributed by atoms with Crippen molar-refractivity contribution in [2.24, 2.45) is 0 Å². The minimum Gasteiger partial charge on any atom is -0.465 e. The van der Waals surface area contributed by atoms with Gasteiger partial charge in [-0.1, -0.05) is 0 Å². The molecule has 19 heavy (non-hydrogen) atoms. The van der Waals surface area contributed by atoms with Gasteiger partial charge in [-0.3, -0.25) is 10.1 Å². The molecule has 2 rings (SSSR count). The fraction of sp³-hybridized carbons (Fsp3) is 0.231. The monoisotopic (exact) mass is 324 g/mol. The van der Waals surface area contributed by atoms with Gasteiger partial charge in [0.15, 0.2) is 0 Å². The maximum Gasteiger partial charge on any atom is 0.274 e. The van der Waals surface area contributed by atoms with Crippen LogP contribution < -0.4 is 5.32 Å². The SMILES string of the molecule is Cc1ccc(CNc2cc([N+](=O)[O-])c(C)cc2Br)o1. The normalized spacial score (nSPS) is 10.5. The van der Waals surface area contributed by atoms with Gasteiger partial charge in [0.1, 0.15) is 11.5 Å². The molecule has 100 valence electrons. The van der Waals surface area contributed by atoms with Crippen LogP contribution in [0.4, 0.5) is 11.4 Å². The zero-order valence-electron chi connectivity index (χ0n) is 10.6. The van der Waals surface area contributed by atoms with Crippen LogP contribution in [-0.2, 0) is 6.54 Å². The van der Waals surface area contributed by atoms with Gasteiger partial charge in [-0.2, -0.15) is 0 Å². The van der Waals surface area contributed by atoms with Gasteiger partial charge in [0.25, 0.3) is 5.69 Å². The number of rotatable bonds is 4. The van der Waals surface area contributed by atoms with Crippen LogP contribution in [0.2, 0.25) is 0 Å². The minimum absolute atomic E-state index is 0.0984. The Morgan fingerprint density at radius 1 is 1.37 bits per heavy atom. The molecule has 1 aromatic heterocycles. The highest BCUT2D eigenvalue weighted by molar-refractivity contribution is 9.10. The number of hydrogen-bond donors (Lipinski definition) is 1. The number of furan rings is 1. The third-order valence-electron chi connectivity index (χ3n) is 2.73. The Morgan fingerprint density at radius 2 is 2.11 bits per heavy atom. The number of nitrogens with zero attached hydrogens (tertiary/aromatic N) is 1. The van der Waals surface area contributed by atoms with Crippen molar-refractivity contribution in [3.63, 3.8) is 0 Å². The van der Waals surface area contributed by atoms with Crippen molar-refractivity contribution in [3.8, 4) is 0 Å². The van der Waals surface area contributed by atoms with Crippen LogP contribution in [0, 0.1) is 24.0 Å². The lowest BCUT2D eigenvalue weighted by atomic mass is 10.2. The van der Waals surface area contributed by atoms with Crippen molar-refractivity contribution in [1.29, 1.82) is 0 Å². The summed E-state index contributed by atoms with van der Waals surface area (Å²) in [5.41, 5.74) is 1.39. The summed E-state index contributed by atoms with van der Waals surface area (Å²) < 4.78 is 6.23. The molecule has 0 aliphatic rings. The average Bonchev–Trinajstić information content (AvgIpc) is 2.73. The molecule has 0 bridgehead atoms. The predicted octanol–water partition coefficient (Wildman–Crippen LogP) is 4.18. The first-order valence-corrected chi connectivity index (χ1v) is 6.50. The highest BCUT2D eigenvalue weighted by Gasteiger charge is 2.14. The van der Waals surface area contributed by atoms with Crippen LogP contribution >= 0.6 is 15.9 Å². The van der Waals surface area contributed by atoms with Crippen LogP contribution in [0.15, 0.2) is 33.2 Å². The summed E-state index contributed by atoms with van der Waals surface area (Å²) >= 11 is 3.39. The number of halogens is 1. The molecule has 0 unspecified atom stereocenters. The van der Waals surface area contributed by atoms with Crippen molar-refractivity contribution in [2.75, 3.05) is 5.32 Å². The highest BCUT2D eigenvalue weighted by Crippen LogP contribution is 2.31. The average molecular weight is 325 g/mol. The van der Waals surface area contributed by atoms with E-state index in [9.17, 15) is 10.1 Å². The number of anilines is 1. The van der Waals surface area contributed by atoms with Gasteiger partial charge in [-0.05, 0) is 48.0 Å². The van der Waals surface area contributed by atoms with Gasteiger partial charge >= 0.3 is 0 Å². The van der Waals surface area contributed by atoms with Crippen molar-refractivity contribution >= 4 is 27.3 Å². The Balaban J connectivity index is 2.20. The van der Waals surface area contributed by atoms with E-state index in [2.05, 4.69) is 21.2 Å². The standard InChI is InChI=1S/C13H13BrN2O3/c1-8-5-11(14)12(6-13(8)16(17)18)15-7-10-4-3-9(2)19-10/h3-6,15H,7H2,1-2H3. The fourth-order valence-corrected chi connectivity index (χ4v) is 2.35. The Kier molecular flexibility index (Phi) is 3.90. The van der Waals surface area contributed by atoms with Crippen LogP contribution in [0.1, 0.15) is 17.1 Å². The molecule has 0 radical (unpaired) electrons. The number of nitro groups is 1. The summed E-state index contributed by atoms with van der Waals surface area (Å²) in [6.07, 6.45) is 0. The lowest BCUT2D eigenvalue weighted by Crippen LogP contribution is -2.01. The first kappa shape index (κ1) is 13.6. The van der Waals surface area contributed by atoms with Gasteiger partial charge in [0, 0.05) is 16.1 Å². The van der Waals surface area contributed by atoms with E-state index in [0.717, 1.165) is 16.0 Å². The molecule has 2 aromatic rings. The van der Waals surface area contributed by atoms with E-state index in [0.29, 0.717) is 17.8 Å². The van der Waals surface area contributed by atoms with Crippen molar-refractivity contribution in [1.82, 2.24) is 0 Å². The summed E-state index contributed by atoms with van der Waals surface area (Å²) in [5.74, 6) is 1.62. The molecule has 0 aliphatic carbocycles. The van der Waals surface area contributed by atoms with Gasteiger partial charge in [-0.15, -0.1) is 0 Å². The molecule has 6 heteroatoms. The number of nitrogens with one attached hydrogen (secondary N) is 1. The van der Waals surface area contributed by atoms with E-state index >= 15 is 0 Å². The maximum atomic E-state index is 10.9. The van der Waals surface area contributed by atoms with Crippen LogP contribution in [0.3, 0.4) is 0 Å². The Hall–Kier alpha value is -1.82. The van der Waals surface area contributed by atoms with Crippen molar-refractivity contribution in [2.45, 2.75) is 20.4 Å². The molecule has 0 spiro atoms. The van der Waals surface area contributed by atoms with Crippen LogP contribution in [0.5, 0.6) is 0 Å². The summed E-state index contributed by atoms with van der Waals surface area (Å²) in [6, 6.07) is 7.01. The Bertz CT molecular complexity index is 622. The zero-order valence-corrected chi connectivity index (χ0v) is 12.2. The van der Waals surface area contributed by atoms with E-state index in [1.165, 1.54) is 6.07 Å². The molecule has 0 fully saturated rings. The van der Waals surface area contributed by atoms with Crippen molar-refractivity contribution in [3.05, 3.63) is 55.9 Å². The summed E-state index contributed by atoms with van der Waals surface area (Å²) in [5, 5.41) is 14.0. The molecule has 5 nitrogen and oxygen atoms in total. The van der Waals surface area contributed by atoms with Gasteiger partial charge in [-0.25, -0.2) is 0 Å². The zero-order chi connectivity index (χ0) is 14.0. The van der Waals surface area contributed by atoms with E-state index < -0.39 is 0 Å². The van der Waals surface area contributed by atoms with E-state index in [1.54, 1.807) is 13.0 Å². The summed E-state index contributed by atoms with van der Waals surface area (Å²) in [6.45, 7) is 4.06. The lowest BCUT2D eigenvalue weighted by molar-refractivity contribution is -0.385. The number of hydrogen-bond acceptors (Lipinski definition) is 4. The number of benzene rings is 1. The quantitative estimate of drug-likeness (QED) is 0.676. The Labute approximate surface area is 118 Å². The number of nitro benzene ring substituents is 1. The van der Waals surface area contributed by atoms with Gasteiger partial charge in [0.2, 0.25) is 0 Å². The second-order valence-electron chi connectivity index (χ2n) is 4.24. The second-order valence-corrected chi connectivity index (χ2v) is 5.10. The minimum atomic E-state index is -0.385. The van der Waals surface area contributed by atoms with Gasteiger partial charge < -0.3 is 9.73 Å². The molecule has 1 N–H and O–H groups in total. The third kappa shape index (κ3) is 3.14. The maximum absolute atomic E-state index is 10.9. The van der Waals surface area contributed by atoms with Crippen LogP contribution in [-0.4, -0.2) is 4.92 Å². The predicted molar refractivity (Wildman–Crippen MR) is 76.3 cm³/mol. The highest BCUT2D eigenvalue weighted by atomic mass is 79.9. The molecular weight excluding hydrogens is 312 g/mol. The molecule has 1 heterocycles. The van der Waals surface area contributed by atoms with Gasteiger partial charge in [0.05, 0.1) is 17.2 Å². The number of aryl methyl sites for hydroxylation is 2. The topological polar surface area (TPSA) is 68.3 Å². The first-order chi connectivity index (χ1) is 8.97. The molecule has 0 aliphatic heterocycles. The molecule has 0 amide bonds.